The molecule has 1 unspecified atom stereocenters. The molecule has 3 aromatic heterocycles. The first-order valence-electron chi connectivity index (χ1n) is 6.58. The Hall–Kier alpha value is -2.90. The monoisotopic (exact) mass is 320 g/mol. The minimum absolute atomic E-state index is 0.116. The smallest absolute Gasteiger partial charge is 0.429 e. The molecule has 0 aliphatic rings. The Morgan fingerprint density at radius 2 is 1.87 bits per heavy atom. The zero-order chi connectivity index (χ0) is 16.4. The van der Waals surface area contributed by atoms with Crippen molar-refractivity contribution in [3.8, 4) is 5.75 Å². The molecule has 0 aliphatic carbocycles. The summed E-state index contributed by atoms with van der Waals surface area (Å²) >= 11 is 0. The highest BCUT2D eigenvalue weighted by Crippen LogP contribution is 2.38. The second kappa shape index (κ2) is 5.71. The van der Waals surface area contributed by atoms with E-state index in [-0.39, 0.29) is 17.1 Å². The van der Waals surface area contributed by atoms with E-state index >= 15 is 0 Å². The van der Waals surface area contributed by atoms with E-state index in [1.807, 2.05) is 0 Å². The summed E-state index contributed by atoms with van der Waals surface area (Å²) in [6.45, 7) is 0. The van der Waals surface area contributed by atoms with Crippen LogP contribution in [0.25, 0.3) is 10.9 Å². The number of anilines is 1. The maximum absolute atomic E-state index is 13.3. The number of alkyl halides is 3. The second-order valence-corrected chi connectivity index (χ2v) is 4.77. The molecule has 0 saturated carbocycles. The second-order valence-electron chi connectivity index (χ2n) is 4.77. The summed E-state index contributed by atoms with van der Waals surface area (Å²) in [5, 5.41) is 0.580. The SMILES string of the molecule is Nc1nc2cnccc2cc1OC(c1cccnc1)C(F)(F)F. The van der Waals surface area contributed by atoms with Crippen LogP contribution in [0.3, 0.4) is 0 Å². The van der Waals surface area contributed by atoms with Crippen molar-refractivity contribution in [2.75, 3.05) is 5.73 Å². The van der Waals surface area contributed by atoms with E-state index < -0.39 is 12.3 Å². The van der Waals surface area contributed by atoms with Gasteiger partial charge in [0.05, 0.1) is 11.7 Å². The Bertz CT molecular complexity index is 824. The molecule has 0 amide bonds. The number of nitrogens with zero attached hydrogens (tertiary/aromatic N) is 3. The van der Waals surface area contributed by atoms with Crippen LogP contribution in [0.5, 0.6) is 5.75 Å². The van der Waals surface area contributed by atoms with Crippen molar-refractivity contribution in [2.24, 2.45) is 0 Å². The van der Waals surface area contributed by atoms with Crippen LogP contribution in [0, 0.1) is 0 Å². The zero-order valence-corrected chi connectivity index (χ0v) is 11.7. The van der Waals surface area contributed by atoms with E-state index in [1.54, 1.807) is 6.07 Å². The third-order valence-corrected chi connectivity index (χ3v) is 3.14. The van der Waals surface area contributed by atoms with Gasteiger partial charge in [0.15, 0.2) is 11.6 Å². The maximum Gasteiger partial charge on any atom is 0.429 e. The minimum atomic E-state index is -4.62. The van der Waals surface area contributed by atoms with Gasteiger partial charge in [-0.3, -0.25) is 9.97 Å². The number of ether oxygens (including phenoxy) is 1. The fourth-order valence-corrected chi connectivity index (χ4v) is 2.09. The van der Waals surface area contributed by atoms with E-state index in [0.717, 1.165) is 6.20 Å². The lowest BCUT2D eigenvalue weighted by molar-refractivity contribution is -0.197. The number of rotatable bonds is 3. The van der Waals surface area contributed by atoms with Gasteiger partial charge in [0.2, 0.25) is 6.10 Å². The third-order valence-electron chi connectivity index (χ3n) is 3.14. The number of nitrogen functional groups attached to an aromatic ring is 1. The highest BCUT2D eigenvalue weighted by Gasteiger charge is 2.43. The average molecular weight is 320 g/mol. The molecule has 0 spiro atoms. The Morgan fingerprint density at radius 3 is 2.57 bits per heavy atom. The van der Waals surface area contributed by atoms with Crippen LogP contribution < -0.4 is 10.5 Å². The van der Waals surface area contributed by atoms with Crippen LogP contribution in [-0.4, -0.2) is 21.1 Å². The molecular weight excluding hydrogens is 309 g/mol. The fourth-order valence-electron chi connectivity index (χ4n) is 2.09. The number of nitrogens with two attached hydrogens (primary N) is 1. The number of hydrogen-bond donors (Lipinski definition) is 1. The van der Waals surface area contributed by atoms with Crippen LogP contribution in [0.1, 0.15) is 11.7 Å². The molecule has 3 heterocycles. The summed E-state index contributed by atoms with van der Waals surface area (Å²) < 4.78 is 45.1. The van der Waals surface area contributed by atoms with Crippen molar-refractivity contribution < 1.29 is 17.9 Å². The molecule has 3 rings (SSSR count). The Kier molecular flexibility index (Phi) is 3.73. The lowest BCUT2D eigenvalue weighted by Crippen LogP contribution is -2.26. The van der Waals surface area contributed by atoms with Gasteiger partial charge in [-0.1, -0.05) is 6.07 Å². The lowest BCUT2D eigenvalue weighted by atomic mass is 10.1. The van der Waals surface area contributed by atoms with Crippen LogP contribution in [0.15, 0.2) is 49.1 Å². The van der Waals surface area contributed by atoms with Gasteiger partial charge in [0, 0.05) is 29.5 Å². The van der Waals surface area contributed by atoms with E-state index in [9.17, 15) is 13.2 Å². The van der Waals surface area contributed by atoms with Crippen molar-refractivity contribution in [3.63, 3.8) is 0 Å². The quantitative estimate of drug-likeness (QED) is 0.801. The lowest BCUT2D eigenvalue weighted by Gasteiger charge is -2.22. The average Bonchev–Trinajstić information content (AvgIpc) is 2.52. The van der Waals surface area contributed by atoms with Gasteiger partial charge in [0.25, 0.3) is 0 Å². The van der Waals surface area contributed by atoms with Crippen molar-refractivity contribution >= 4 is 16.7 Å². The topological polar surface area (TPSA) is 73.9 Å². The van der Waals surface area contributed by atoms with Gasteiger partial charge in [-0.15, -0.1) is 0 Å². The number of hydrogen-bond acceptors (Lipinski definition) is 5. The van der Waals surface area contributed by atoms with Crippen molar-refractivity contribution in [3.05, 3.63) is 54.6 Å². The largest absolute Gasteiger partial charge is 0.472 e. The number of pyridine rings is 3. The Morgan fingerprint density at radius 1 is 1.09 bits per heavy atom. The first-order chi connectivity index (χ1) is 10.9. The van der Waals surface area contributed by atoms with Crippen molar-refractivity contribution in [1.29, 1.82) is 0 Å². The molecule has 8 heteroatoms. The minimum Gasteiger partial charge on any atom is -0.472 e. The molecule has 0 bridgehead atoms. The molecule has 0 fully saturated rings. The van der Waals surface area contributed by atoms with E-state index in [1.165, 1.54) is 36.8 Å². The van der Waals surface area contributed by atoms with Crippen molar-refractivity contribution in [1.82, 2.24) is 15.0 Å². The Balaban J connectivity index is 2.02. The highest BCUT2D eigenvalue weighted by molar-refractivity contribution is 5.81. The Labute approximate surface area is 129 Å². The van der Waals surface area contributed by atoms with Gasteiger partial charge in [0.1, 0.15) is 0 Å². The summed E-state index contributed by atoms with van der Waals surface area (Å²) in [4.78, 5) is 11.6. The van der Waals surface area contributed by atoms with Gasteiger partial charge in [-0.25, -0.2) is 4.98 Å². The molecule has 0 aromatic carbocycles. The predicted octanol–water partition coefficient (Wildman–Crippen LogP) is 3.29. The van der Waals surface area contributed by atoms with Crippen LogP contribution in [0.4, 0.5) is 19.0 Å². The molecule has 23 heavy (non-hydrogen) atoms. The van der Waals surface area contributed by atoms with E-state index in [2.05, 4.69) is 15.0 Å². The van der Waals surface area contributed by atoms with Crippen LogP contribution >= 0.6 is 0 Å². The molecular formula is C15H11F3N4O. The third kappa shape index (κ3) is 3.15. The number of aromatic nitrogens is 3. The summed E-state index contributed by atoms with van der Waals surface area (Å²) in [7, 11) is 0. The molecule has 2 N–H and O–H groups in total. The van der Waals surface area contributed by atoms with Gasteiger partial charge >= 0.3 is 6.18 Å². The summed E-state index contributed by atoms with van der Waals surface area (Å²) in [6, 6.07) is 5.72. The van der Waals surface area contributed by atoms with E-state index in [0.29, 0.717) is 10.9 Å². The first-order valence-corrected chi connectivity index (χ1v) is 6.58. The molecule has 0 radical (unpaired) electrons. The molecule has 3 aromatic rings. The fraction of sp³-hybridized carbons (Fsp3) is 0.133. The highest BCUT2D eigenvalue weighted by atomic mass is 19.4. The maximum atomic E-state index is 13.3. The zero-order valence-electron chi connectivity index (χ0n) is 11.7. The van der Waals surface area contributed by atoms with Gasteiger partial charge in [-0.2, -0.15) is 13.2 Å². The molecule has 0 aliphatic heterocycles. The van der Waals surface area contributed by atoms with Gasteiger partial charge < -0.3 is 10.5 Å². The molecule has 118 valence electrons. The molecule has 0 saturated heterocycles. The number of fused-ring (bicyclic) bond motifs is 1. The molecule has 1 atom stereocenters. The summed E-state index contributed by atoms with van der Waals surface area (Å²) in [5.74, 6) is -0.279. The molecule has 5 nitrogen and oxygen atoms in total. The normalized spacial score (nSPS) is 13.0. The van der Waals surface area contributed by atoms with Crippen molar-refractivity contribution in [2.45, 2.75) is 12.3 Å². The van der Waals surface area contributed by atoms with E-state index in [4.69, 9.17) is 10.5 Å². The van der Waals surface area contributed by atoms with Crippen LogP contribution in [0.2, 0.25) is 0 Å². The standard InChI is InChI=1S/C15H11F3N4O/c16-15(17,18)13(10-2-1-4-20-7-10)23-12-6-9-3-5-21-8-11(9)22-14(12)19/h1-8,13H,(H2,19,22). The first kappa shape index (κ1) is 15.0. The number of halogens is 3. The van der Waals surface area contributed by atoms with Gasteiger partial charge in [-0.05, 0) is 18.2 Å². The summed E-state index contributed by atoms with van der Waals surface area (Å²) in [5.41, 5.74) is 6.07. The summed E-state index contributed by atoms with van der Waals surface area (Å²) in [6.07, 6.45) is -1.34. The van der Waals surface area contributed by atoms with Crippen LogP contribution in [-0.2, 0) is 0 Å². The predicted molar refractivity (Wildman–Crippen MR) is 77.6 cm³/mol.